The summed E-state index contributed by atoms with van der Waals surface area (Å²) in [6.07, 6.45) is 9.96. The SMILES string of the molecule is CS.C[n+]1ccccc1-c1cccc(-c2cccc[n+]2C)[n+]1C.C[n+]1ccccc1-c1cccc[n+]1C.[Rn]. The molecule has 0 N–H and O–H groups in total. The van der Waals surface area contributed by atoms with E-state index in [1.165, 1.54) is 34.2 Å². The smallest absolute Gasteiger partial charge is 0.196 e. The van der Waals surface area contributed by atoms with Gasteiger partial charge in [0.05, 0.1) is 0 Å². The fourth-order valence-electron chi connectivity index (χ4n) is 4.26. The number of aryl methyl sites for hydroxylation is 4. The van der Waals surface area contributed by atoms with Crippen molar-refractivity contribution in [2.75, 3.05) is 6.26 Å². The Hall–Kier alpha value is -1.78. The van der Waals surface area contributed by atoms with Gasteiger partial charge in [-0.1, -0.05) is 0 Å². The number of nitrogens with zero attached hydrogens (tertiary/aromatic N) is 5. The van der Waals surface area contributed by atoms with Crippen LogP contribution in [0.15, 0.2) is 116 Å². The summed E-state index contributed by atoms with van der Waals surface area (Å²) in [4.78, 5) is 0. The van der Waals surface area contributed by atoms with Gasteiger partial charge in [-0.25, -0.2) is 0 Å². The van der Waals surface area contributed by atoms with Crippen molar-refractivity contribution in [1.82, 2.24) is 0 Å². The molecule has 0 fully saturated rings. The predicted molar refractivity (Wildman–Crippen MR) is 150 cm³/mol. The zero-order valence-corrected chi connectivity index (χ0v) is 26.6. The Morgan fingerprint density at radius 1 is 0.368 bits per heavy atom. The molecule has 5 aromatic rings. The van der Waals surface area contributed by atoms with Crippen LogP contribution >= 0.6 is 12.6 Å². The zero-order chi connectivity index (χ0) is 26.8. The van der Waals surface area contributed by atoms with Crippen LogP contribution in [-0.4, -0.2) is 6.26 Å². The standard InChI is InChI=1S/C18H20N3.C12H14N2.CH4S.Rn/c1-19-13-6-4-9-15(19)17-11-8-12-18(21(17)3)16-10-5-7-14-20(16)2;1-13-9-5-3-7-11(13)12-8-4-6-10-14(12)2;1-2;/h4-14H,1-3H3;3-10H,1-2H3;2H,1H3;/q+3;+2;;. The first-order valence-corrected chi connectivity index (χ1v) is 13.1. The van der Waals surface area contributed by atoms with Crippen LogP contribution in [0.25, 0.3) is 34.2 Å². The normalized spacial score (nSPS) is 9.76. The molecule has 38 heavy (non-hydrogen) atoms. The first-order valence-electron chi connectivity index (χ1n) is 12.2. The van der Waals surface area contributed by atoms with E-state index < -0.39 is 0 Å². The molecule has 0 amide bonds. The monoisotopic (exact) mass is 734 g/mol. The third-order valence-electron chi connectivity index (χ3n) is 6.24. The molecule has 0 unspecified atom stereocenters. The van der Waals surface area contributed by atoms with Crippen LogP contribution in [0.5, 0.6) is 0 Å². The average molecular weight is 735 g/mol. The Kier molecular flexibility index (Phi) is 14.0. The fraction of sp³-hybridized carbons (Fsp3) is 0.194. The molecule has 5 rings (SSSR count). The Morgan fingerprint density at radius 3 is 0.868 bits per heavy atom. The summed E-state index contributed by atoms with van der Waals surface area (Å²) >= 11 is 3.53. The van der Waals surface area contributed by atoms with Crippen molar-refractivity contribution in [3.63, 3.8) is 0 Å². The van der Waals surface area contributed by atoms with Crippen molar-refractivity contribution in [3.05, 3.63) is 116 Å². The average Bonchev–Trinajstić information content (AvgIpc) is 2.92. The summed E-state index contributed by atoms with van der Waals surface area (Å²) in [5.74, 6) is 0. The molecule has 0 saturated heterocycles. The van der Waals surface area contributed by atoms with Gasteiger partial charge in [0, 0.05) is 133 Å². The van der Waals surface area contributed by atoms with Gasteiger partial charge in [-0.3, -0.25) is 0 Å². The number of thiol groups is 1. The van der Waals surface area contributed by atoms with Gasteiger partial charge in [0.2, 0.25) is 0 Å². The molecular formula is C31H38N5RnS+5. The van der Waals surface area contributed by atoms with E-state index in [1.807, 2.05) is 24.3 Å². The topological polar surface area (TPSA) is 19.4 Å². The molecule has 0 aromatic carbocycles. The molecule has 0 spiro atoms. The Morgan fingerprint density at radius 2 is 0.605 bits per heavy atom. The van der Waals surface area contributed by atoms with Crippen molar-refractivity contribution < 1.29 is 94.7 Å². The number of aromatic nitrogens is 5. The summed E-state index contributed by atoms with van der Waals surface area (Å²) < 4.78 is 10.8. The number of rotatable bonds is 3. The van der Waals surface area contributed by atoms with Crippen LogP contribution in [0.2, 0.25) is 0 Å². The predicted octanol–water partition coefficient (Wildman–Crippen LogP) is 3.04. The largest absolute Gasteiger partial charge is 0.277 e. The quantitative estimate of drug-likeness (QED) is 0.218. The molecule has 0 radical (unpaired) electrons. The van der Waals surface area contributed by atoms with Crippen molar-refractivity contribution in [1.29, 1.82) is 0 Å². The van der Waals surface area contributed by atoms with Gasteiger partial charge in [-0.05, 0) is 36.6 Å². The maximum Gasteiger partial charge on any atom is 0.277 e. The molecule has 196 valence electrons. The molecular weight excluding hydrogens is 696 g/mol. The van der Waals surface area contributed by atoms with E-state index in [0.29, 0.717) is 0 Å². The van der Waals surface area contributed by atoms with Crippen LogP contribution in [0.4, 0.5) is 0 Å². The van der Waals surface area contributed by atoms with Gasteiger partial charge in [0.15, 0.2) is 24.8 Å². The third-order valence-corrected chi connectivity index (χ3v) is 6.24. The first kappa shape index (κ1) is 32.4. The van der Waals surface area contributed by atoms with Crippen molar-refractivity contribution in [2.24, 2.45) is 35.2 Å². The van der Waals surface area contributed by atoms with Crippen LogP contribution in [0, 0.1) is 71.9 Å². The van der Waals surface area contributed by atoms with E-state index in [4.69, 9.17) is 0 Å². The Balaban J connectivity index is 0.000000261. The van der Waals surface area contributed by atoms with E-state index >= 15 is 0 Å². The van der Waals surface area contributed by atoms with E-state index in [-0.39, 0.29) is 71.9 Å². The first-order chi connectivity index (χ1) is 18.0. The second-order valence-corrected chi connectivity index (χ2v) is 8.64. The van der Waals surface area contributed by atoms with E-state index in [2.05, 4.69) is 162 Å². The van der Waals surface area contributed by atoms with E-state index in [9.17, 15) is 0 Å². The molecule has 7 heteroatoms. The van der Waals surface area contributed by atoms with E-state index in [1.54, 1.807) is 6.26 Å². The van der Waals surface area contributed by atoms with Crippen LogP contribution in [-0.2, 0) is 35.2 Å². The summed E-state index contributed by atoms with van der Waals surface area (Å²) in [6, 6.07) is 31.4. The minimum absolute atomic E-state index is 0. The van der Waals surface area contributed by atoms with Gasteiger partial charge in [0.25, 0.3) is 34.2 Å². The maximum atomic E-state index is 3.53. The molecule has 5 heterocycles. The van der Waals surface area contributed by atoms with Crippen LogP contribution in [0.1, 0.15) is 0 Å². The summed E-state index contributed by atoms with van der Waals surface area (Å²) in [6.45, 7) is 0. The minimum atomic E-state index is 0. The minimum Gasteiger partial charge on any atom is -0.196 e. The maximum absolute atomic E-state index is 3.53. The fourth-order valence-corrected chi connectivity index (χ4v) is 4.26. The summed E-state index contributed by atoms with van der Waals surface area (Å²) in [5, 5.41) is 0. The van der Waals surface area contributed by atoms with Crippen LogP contribution in [0.3, 0.4) is 0 Å². The van der Waals surface area contributed by atoms with Gasteiger partial charge in [0.1, 0.15) is 35.2 Å². The van der Waals surface area contributed by atoms with Crippen molar-refractivity contribution >= 4 is 12.6 Å². The molecule has 0 saturated carbocycles. The second-order valence-electron chi connectivity index (χ2n) is 8.64. The molecule has 5 nitrogen and oxygen atoms in total. The Bertz CT molecular complexity index is 1370. The molecule has 0 atom stereocenters. The third kappa shape index (κ3) is 8.11. The molecule has 5 aromatic heterocycles. The molecule has 0 aliphatic rings. The molecule has 0 aliphatic carbocycles. The van der Waals surface area contributed by atoms with Crippen molar-refractivity contribution in [2.45, 2.75) is 0 Å². The Labute approximate surface area is 294 Å². The summed E-state index contributed by atoms with van der Waals surface area (Å²) in [7, 11) is 10.4. The number of hydrogen-bond acceptors (Lipinski definition) is 1. The van der Waals surface area contributed by atoms with Gasteiger partial charge >= 0.3 is 0 Å². The van der Waals surface area contributed by atoms with E-state index in [0.717, 1.165) is 0 Å². The van der Waals surface area contributed by atoms with Gasteiger partial charge in [-0.2, -0.15) is 35.5 Å². The molecule has 0 bridgehead atoms. The second kappa shape index (κ2) is 16.4. The van der Waals surface area contributed by atoms with Crippen LogP contribution < -0.4 is 22.8 Å². The van der Waals surface area contributed by atoms with Gasteiger partial charge in [-0.15, -0.1) is 0 Å². The summed E-state index contributed by atoms with van der Waals surface area (Å²) in [5.41, 5.74) is 7.21. The number of hydrogen-bond donors (Lipinski definition) is 1. The molecule has 0 aliphatic heterocycles. The van der Waals surface area contributed by atoms with Crippen molar-refractivity contribution in [3.8, 4) is 34.2 Å². The zero-order valence-electron chi connectivity index (χ0n) is 23.0. The van der Waals surface area contributed by atoms with Gasteiger partial charge < -0.3 is 0 Å². The number of pyridine rings is 5.